The number of imide groups is 1. The van der Waals surface area contributed by atoms with E-state index in [0.717, 1.165) is 23.3 Å². The van der Waals surface area contributed by atoms with Crippen LogP contribution in [0.1, 0.15) is 31.2 Å². The number of piperazine rings is 1. The van der Waals surface area contributed by atoms with Gasteiger partial charge in [0, 0.05) is 31.6 Å². The van der Waals surface area contributed by atoms with Crippen molar-refractivity contribution in [2.24, 2.45) is 0 Å². The molecule has 9 nitrogen and oxygen atoms in total. The van der Waals surface area contributed by atoms with Gasteiger partial charge in [-0.25, -0.2) is 13.2 Å². The topological polar surface area (TPSA) is 107 Å². The van der Waals surface area contributed by atoms with Gasteiger partial charge < -0.3 is 10.2 Å². The minimum Gasteiger partial charge on any atom is -0.338 e. The van der Waals surface area contributed by atoms with E-state index in [-0.39, 0.29) is 44.5 Å². The molecule has 166 valence electrons. The summed E-state index contributed by atoms with van der Waals surface area (Å²) >= 11 is 0. The maximum absolute atomic E-state index is 12.7. The highest BCUT2D eigenvalue weighted by atomic mass is 32.2. The third-order valence-electron chi connectivity index (χ3n) is 6.18. The lowest BCUT2D eigenvalue weighted by Crippen LogP contribution is -2.53. The lowest BCUT2D eigenvalue weighted by Gasteiger charge is -2.34. The van der Waals surface area contributed by atoms with Gasteiger partial charge in [0.15, 0.2) is 0 Å². The Labute approximate surface area is 181 Å². The molecule has 0 unspecified atom stereocenters. The van der Waals surface area contributed by atoms with E-state index in [2.05, 4.69) is 5.32 Å². The number of nitrogens with zero attached hydrogens (tertiary/aromatic N) is 3. The number of carbonyl (C=O) groups is 3. The standard InChI is InChI=1S/C21H26N4O5S/c26-18(16-25-19(27)21(22-20(25)28)9-4-5-10-21)23-11-13-24(14-12-23)31(29,30)15-8-17-6-2-1-3-7-17/h1-3,6-8,15H,4-5,9-14,16H2,(H,22,28)/b15-8+. The average molecular weight is 447 g/mol. The van der Waals surface area contributed by atoms with Crippen molar-refractivity contribution in [3.8, 4) is 0 Å². The molecule has 1 aromatic carbocycles. The molecule has 31 heavy (non-hydrogen) atoms. The van der Waals surface area contributed by atoms with Gasteiger partial charge in [-0.1, -0.05) is 43.2 Å². The molecule has 1 aliphatic carbocycles. The zero-order valence-electron chi connectivity index (χ0n) is 17.2. The van der Waals surface area contributed by atoms with Crippen molar-refractivity contribution < 1.29 is 22.8 Å². The van der Waals surface area contributed by atoms with Crippen molar-refractivity contribution in [3.63, 3.8) is 0 Å². The lowest BCUT2D eigenvalue weighted by molar-refractivity contribution is -0.139. The van der Waals surface area contributed by atoms with Crippen molar-refractivity contribution in [1.82, 2.24) is 19.4 Å². The summed E-state index contributed by atoms with van der Waals surface area (Å²) in [7, 11) is -3.60. The first-order valence-electron chi connectivity index (χ1n) is 10.5. The maximum Gasteiger partial charge on any atom is 0.325 e. The molecular weight excluding hydrogens is 420 g/mol. The van der Waals surface area contributed by atoms with E-state index in [0.29, 0.717) is 12.8 Å². The van der Waals surface area contributed by atoms with E-state index in [9.17, 15) is 22.8 Å². The molecule has 3 fully saturated rings. The van der Waals surface area contributed by atoms with Gasteiger partial charge in [0.1, 0.15) is 12.1 Å². The summed E-state index contributed by atoms with van der Waals surface area (Å²) in [5, 5.41) is 3.94. The Hall–Kier alpha value is -2.72. The average Bonchev–Trinajstić information content (AvgIpc) is 3.33. The van der Waals surface area contributed by atoms with Gasteiger partial charge in [0.05, 0.1) is 0 Å². The quantitative estimate of drug-likeness (QED) is 0.679. The van der Waals surface area contributed by atoms with Gasteiger partial charge in [0.25, 0.3) is 5.91 Å². The summed E-state index contributed by atoms with van der Waals surface area (Å²) in [6.07, 6.45) is 4.51. The van der Waals surface area contributed by atoms with Gasteiger partial charge in [-0.05, 0) is 24.5 Å². The Morgan fingerprint density at radius 3 is 2.32 bits per heavy atom. The Kier molecular flexibility index (Phi) is 5.85. The van der Waals surface area contributed by atoms with Gasteiger partial charge in [-0.3, -0.25) is 14.5 Å². The fourth-order valence-corrected chi connectivity index (χ4v) is 5.55. The second-order valence-electron chi connectivity index (χ2n) is 8.15. The number of hydrogen-bond donors (Lipinski definition) is 1. The molecular formula is C21H26N4O5S. The Bertz CT molecular complexity index is 994. The smallest absolute Gasteiger partial charge is 0.325 e. The normalized spacial score (nSPS) is 21.9. The van der Waals surface area contributed by atoms with E-state index in [4.69, 9.17) is 0 Å². The number of amides is 4. The molecule has 4 rings (SSSR count). The first kappa shape index (κ1) is 21.5. The van der Waals surface area contributed by atoms with Gasteiger partial charge in [0.2, 0.25) is 15.9 Å². The Morgan fingerprint density at radius 2 is 1.68 bits per heavy atom. The number of hydrogen-bond acceptors (Lipinski definition) is 5. The van der Waals surface area contributed by atoms with Crippen LogP contribution in [0.5, 0.6) is 0 Å². The molecule has 1 N–H and O–H groups in total. The fourth-order valence-electron chi connectivity index (χ4n) is 4.38. The first-order chi connectivity index (χ1) is 14.8. The maximum atomic E-state index is 12.7. The second-order valence-corrected chi connectivity index (χ2v) is 9.97. The van der Waals surface area contributed by atoms with Crippen LogP contribution in [0, 0.1) is 0 Å². The molecule has 1 spiro atoms. The van der Waals surface area contributed by atoms with Crippen LogP contribution in [0.15, 0.2) is 35.7 Å². The molecule has 0 aromatic heterocycles. The molecule has 1 saturated carbocycles. The monoisotopic (exact) mass is 446 g/mol. The van der Waals surface area contributed by atoms with Crippen molar-refractivity contribution in [3.05, 3.63) is 41.3 Å². The number of urea groups is 1. The highest BCUT2D eigenvalue weighted by Gasteiger charge is 2.52. The number of carbonyl (C=O) groups excluding carboxylic acids is 3. The zero-order valence-corrected chi connectivity index (χ0v) is 18.0. The van der Waals surface area contributed by atoms with Gasteiger partial charge in [-0.2, -0.15) is 4.31 Å². The molecule has 0 atom stereocenters. The Morgan fingerprint density at radius 1 is 1.03 bits per heavy atom. The molecule has 3 aliphatic rings. The van der Waals surface area contributed by atoms with E-state index in [1.54, 1.807) is 6.08 Å². The van der Waals surface area contributed by atoms with Crippen molar-refractivity contribution in [1.29, 1.82) is 0 Å². The third kappa shape index (κ3) is 4.35. The molecule has 2 heterocycles. The van der Waals surface area contributed by atoms with E-state index < -0.39 is 21.6 Å². The predicted octanol–water partition coefficient (Wildman–Crippen LogP) is 0.996. The first-order valence-corrected chi connectivity index (χ1v) is 12.0. The zero-order chi connectivity index (χ0) is 22.1. The van der Waals surface area contributed by atoms with Gasteiger partial charge in [-0.15, -0.1) is 0 Å². The van der Waals surface area contributed by atoms with Crippen LogP contribution < -0.4 is 5.32 Å². The molecule has 2 aliphatic heterocycles. The molecule has 10 heteroatoms. The summed E-state index contributed by atoms with van der Waals surface area (Å²) in [6.45, 7) is 0.444. The number of benzene rings is 1. The van der Waals surface area contributed by atoms with Crippen LogP contribution in [0.4, 0.5) is 4.79 Å². The summed E-state index contributed by atoms with van der Waals surface area (Å²) in [4.78, 5) is 40.2. The SMILES string of the molecule is O=C(CN1C(=O)NC2(CCCC2)C1=O)N1CCN(S(=O)(=O)/C=C/c2ccccc2)CC1. The van der Waals surface area contributed by atoms with E-state index >= 15 is 0 Å². The molecule has 0 radical (unpaired) electrons. The second kappa shape index (κ2) is 8.43. The highest BCUT2D eigenvalue weighted by molar-refractivity contribution is 7.92. The van der Waals surface area contributed by atoms with Crippen LogP contribution in [0.25, 0.3) is 6.08 Å². The fraction of sp³-hybridized carbons (Fsp3) is 0.476. The number of rotatable bonds is 5. The molecule has 2 saturated heterocycles. The van der Waals surface area contributed by atoms with E-state index in [1.165, 1.54) is 14.6 Å². The third-order valence-corrected chi connectivity index (χ3v) is 7.74. The minimum absolute atomic E-state index is 0.164. The molecule has 0 bridgehead atoms. The molecule has 4 amide bonds. The number of nitrogens with one attached hydrogen (secondary N) is 1. The minimum atomic E-state index is -3.60. The van der Waals surface area contributed by atoms with Crippen LogP contribution in [0.3, 0.4) is 0 Å². The largest absolute Gasteiger partial charge is 0.338 e. The van der Waals surface area contributed by atoms with Crippen molar-refractivity contribution in [2.45, 2.75) is 31.2 Å². The summed E-state index contributed by atoms with van der Waals surface area (Å²) in [6, 6.07) is 8.62. The molecule has 1 aromatic rings. The summed E-state index contributed by atoms with van der Waals surface area (Å²) < 4.78 is 26.5. The van der Waals surface area contributed by atoms with Crippen molar-refractivity contribution >= 4 is 33.9 Å². The predicted molar refractivity (Wildman–Crippen MR) is 114 cm³/mol. The van der Waals surface area contributed by atoms with Crippen LogP contribution in [-0.2, 0) is 19.6 Å². The van der Waals surface area contributed by atoms with E-state index in [1.807, 2.05) is 30.3 Å². The summed E-state index contributed by atoms with van der Waals surface area (Å²) in [5.74, 6) is -0.675. The Balaban J connectivity index is 1.32. The van der Waals surface area contributed by atoms with Crippen LogP contribution in [-0.4, -0.2) is 78.6 Å². The summed E-state index contributed by atoms with van der Waals surface area (Å²) in [5.41, 5.74) is -0.0524. The lowest BCUT2D eigenvalue weighted by atomic mass is 9.98. The van der Waals surface area contributed by atoms with Crippen molar-refractivity contribution in [2.75, 3.05) is 32.7 Å². The van der Waals surface area contributed by atoms with Crippen LogP contribution in [0.2, 0.25) is 0 Å². The number of sulfonamides is 1. The van der Waals surface area contributed by atoms with Crippen LogP contribution >= 0.6 is 0 Å². The highest BCUT2D eigenvalue weighted by Crippen LogP contribution is 2.35. The van der Waals surface area contributed by atoms with Gasteiger partial charge >= 0.3 is 6.03 Å².